The molecule has 0 aliphatic rings. The summed E-state index contributed by atoms with van der Waals surface area (Å²) in [5, 5.41) is 13.5. The van der Waals surface area contributed by atoms with Crippen molar-refractivity contribution < 1.29 is 9.72 Å². The van der Waals surface area contributed by atoms with Crippen LogP contribution in [0.15, 0.2) is 24.4 Å². The fraction of sp³-hybridized carbons (Fsp3) is 0. The number of halogens is 2. The number of rotatable bonds is 3. The summed E-state index contributed by atoms with van der Waals surface area (Å²) < 4.78 is 0. The fourth-order valence-corrected chi connectivity index (χ4v) is 1.65. The number of nitro groups is 1. The SMILES string of the molecule is O=C(Nc1nc(Cl)ccc1[N+](=O)[O-])c1cc(Cl)c[nH]1. The summed E-state index contributed by atoms with van der Waals surface area (Å²) in [5.74, 6) is -0.835. The first-order chi connectivity index (χ1) is 8.97. The lowest BCUT2D eigenvalue weighted by atomic mass is 10.3. The number of amides is 1. The first-order valence-electron chi connectivity index (χ1n) is 4.93. The zero-order chi connectivity index (χ0) is 14.0. The van der Waals surface area contributed by atoms with Crippen molar-refractivity contribution >= 4 is 40.6 Å². The Bertz CT molecular complexity index is 656. The van der Waals surface area contributed by atoms with E-state index in [0.29, 0.717) is 5.02 Å². The van der Waals surface area contributed by atoms with E-state index in [1.54, 1.807) is 0 Å². The van der Waals surface area contributed by atoms with Gasteiger partial charge in [0.25, 0.3) is 5.91 Å². The molecule has 1 amide bonds. The van der Waals surface area contributed by atoms with Gasteiger partial charge in [0.15, 0.2) is 0 Å². The first-order valence-corrected chi connectivity index (χ1v) is 5.69. The van der Waals surface area contributed by atoms with E-state index in [2.05, 4.69) is 15.3 Å². The molecule has 0 saturated heterocycles. The Labute approximate surface area is 116 Å². The molecular weight excluding hydrogens is 295 g/mol. The number of pyridine rings is 1. The van der Waals surface area contributed by atoms with Crippen molar-refractivity contribution in [3.05, 3.63) is 50.4 Å². The van der Waals surface area contributed by atoms with E-state index in [1.165, 1.54) is 18.3 Å². The van der Waals surface area contributed by atoms with Crippen LogP contribution >= 0.6 is 23.2 Å². The van der Waals surface area contributed by atoms with Crippen molar-refractivity contribution in [2.24, 2.45) is 0 Å². The number of anilines is 1. The average Bonchev–Trinajstić information content (AvgIpc) is 2.75. The zero-order valence-electron chi connectivity index (χ0n) is 9.18. The molecule has 0 atom stereocenters. The number of hydrogen-bond donors (Lipinski definition) is 2. The molecule has 0 aliphatic heterocycles. The number of carbonyl (C=O) groups is 1. The lowest BCUT2D eigenvalue weighted by Crippen LogP contribution is -2.14. The molecule has 9 heteroatoms. The molecule has 0 fully saturated rings. The topological polar surface area (TPSA) is 101 Å². The van der Waals surface area contributed by atoms with Crippen LogP contribution in [0.25, 0.3) is 0 Å². The number of hydrogen-bond acceptors (Lipinski definition) is 4. The molecule has 2 aromatic heterocycles. The first kappa shape index (κ1) is 13.3. The molecular formula is C10H6Cl2N4O3. The van der Waals surface area contributed by atoms with E-state index in [0.717, 1.165) is 6.07 Å². The lowest BCUT2D eigenvalue weighted by Gasteiger charge is -2.04. The molecule has 2 aromatic rings. The van der Waals surface area contributed by atoms with Gasteiger partial charge in [-0.05, 0) is 12.1 Å². The molecule has 0 saturated carbocycles. The quantitative estimate of drug-likeness (QED) is 0.517. The van der Waals surface area contributed by atoms with Crippen LogP contribution < -0.4 is 5.32 Å². The van der Waals surface area contributed by atoms with E-state index >= 15 is 0 Å². The maximum absolute atomic E-state index is 11.8. The van der Waals surface area contributed by atoms with Crippen molar-refractivity contribution in [2.75, 3.05) is 5.32 Å². The summed E-state index contributed by atoms with van der Waals surface area (Å²) in [4.78, 5) is 28.3. The van der Waals surface area contributed by atoms with Crippen LogP contribution in [0.3, 0.4) is 0 Å². The van der Waals surface area contributed by atoms with Gasteiger partial charge in [-0.25, -0.2) is 4.98 Å². The summed E-state index contributed by atoms with van der Waals surface area (Å²) >= 11 is 11.3. The van der Waals surface area contributed by atoms with Crippen LogP contribution in [-0.2, 0) is 0 Å². The van der Waals surface area contributed by atoms with Crippen LogP contribution in [0.5, 0.6) is 0 Å². The van der Waals surface area contributed by atoms with Gasteiger partial charge in [0.05, 0.1) is 9.95 Å². The molecule has 0 bridgehead atoms. The molecule has 0 aliphatic carbocycles. The predicted molar refractivity (Wildman–Crippen MR) is 69.7 cm³/mol. The number of aromatic nitrogens is 2. The van der Waals surface area contributed by atoms with Gasteiger partial charge in [-0.15, -0.1) is 0 Å². The van der Waals surface area contributed by atoms with E-state index in [9.17, 15) is 14.9 Å². The molecule has 2 rings (SSSR count). The molecule has 0 spiro atoms. The highest BCUT2D eigenvalue weighted by Crippen LogP contribution is 2.24. The summed E-state index contributed by atoms with van der Waals surface area (Å²) in [5.41, 5.74) is -0.198. The van der Waals surface area contributed by atoms with Gasteiger partial charge in [-0.2, -0.15) is 0 Å². The summed E-state index contributed by atoms with van der Waals surface area (Å²) in [6.45, 7) is 0. The second-order valence-electron chi connectivity index (χ2n) is 3.44. The minimum atomic E-state index is -0.666. The summed E-state index contributed by atoms with van der Waals surface area (Å²) in [6, 6.07) is 3.81. The monoisotopic (exact) mass is 300 g/mol. The molecule has 0 radical (unpaired) electrons. The van der Waals surface area contributed by atoms with Gasteiger partial charge in [-0.1, -0.05) is 23.2 Å². The normalized spacial score (nSPS) is 10.2. The average molecular weight is 301 g/mol. The Balaban J connectivity index is 2.30. The molecule has 7 nitrogen and oxygen atoms in total. The molecule has 98 valence electrons. The minimum absolute atomic E-state index is 0.0328. The van der Waals surface area contributed by atoms with Crippen LogP contribution in [0.4, 0.5) is 11.5 Å². The van der Waals surface area contributed by atoms with E-state index in [-0.39, 0.29) is 22.4 Å². The van der Waals surface area contributed by atoms with Crippen LogP contribution in [0.2, 0.25) is 10.2 Å². The molecule has 0 aromatic carbocycles. The molecule has 0 unspecified atom stereocenters. The molecule has 2 heterocycles. The van der Waals surface area contributed by atoms with E-state index < -0.39 is 10.8 Å². The number of nitrogens with one attached hydrogen (secondary N) is 2. The van der Waals surface area contributed by atoms with Crippen LogP contribution in [0.1, 0.15) is 10.5 Å². The second-order valence-corrected chi connectivity index (χ2v) is 4.27. The van der Waals surface area contributed by atoms with E-state index in [1.807, 2.05) is 0 Å². The highest BCUT2D eigenvalue weighted by atomic mass is 35.5. The number of carbonyl (C=O) groups excluding carboxylic acids is 1. The molecule has 2 N–H and O–H groups in total. The largest absolute Gasteiger partial charge is 0.356 e. The second kappa shape index (κ2) is 5.25. The Hall–Kier alpha value is -2.12. The minimum Gasteiger partial charge on any atom is -0.356 e. The smallest absolute Gasteiger partial charge is 0.311 e. The maximum Gasteiger partial charge on any atom is 0.311 e. The van der Waals surface area contributed by atoms with Crippen molar-refractivity contribution in [2.45, 2.75) is 0 Å². The van der Waals surface area contributed by atoms with Crippen LogP contribution in [0, 0.1) is 10.1 Å². The number of aromatic amines is 1. The third-order valence-corrected chi connectivity index (χ3v) is 2.59. The molecule has 19 heavy (non-hydrogen) atoms. The maximum atomic E-state index is 11.8. The Kier molecular flexibility index (Phi) is 3.68. The van der Waals surface area contributed by atoms with Gasteiger partial charge in [-0.3, -0.25) is 20.2 Å². The highest BCUT2D eigenvalue weighted by molar-refractivity contribution is 6.31. The van der Waals surface area contributed by atoms with Crippen molar-refractivity contribution in [3.63, 3.8) is 0 Å². The Morgan fingerprint density at radius 3 is 2.74 bits per heavy atom. The van der Waals surface area contributed by atoms with E-state index in [4.69, 9.17) is 23.2 Å². The van der Waals surface area contributed by atoms with Crippen molar-refractivity contribution in [3.8, 4) is 0 Å². The highest BCUT2D eigenvalue weighted by Gasteiger charge is 2.19. The number of H-pyrrole nitrogens is 1. The summed E-state index contributed by atoms with van der Waals surface area (Å²) in [6.07, 6.45) is 1.41. The van der Waals surface area contributed by atoms with Crippen molar-refractivity contribution in [1.29, 1.82) is 0 Å². The summed E-state index contributed by atoms with van der Waals surface area (Å²) in [7, 11) is 0. The number of nitrogens with zero attached hydrogens (tertiary/aromatic N) is 2. The van der Waals surface area contributed by atoms with Gasteiger partial charge >= 0.3 is 5.69 Å². The fourth-order valence-electron chi connectivity index (χ4n) is 1.34. The standard InChI is InChI=1S/C10H6Cl2N4O3/c11-5-3-6(13-4-5)10(17)15-9-7(16(18)19)1-2-8(12)14-9/h1-4,13H,(H,14,15,17). The Morgan fingerprint density at radius 2 is 2.16 bits per heavy atom. The van der Waals surface area contributed by atoms with Gasteiger partial charge < -0.3 is 4.98 Å². The lowest BCUT2D eigenvalue weighted by molar-refractivity contribution is -0.384. The predicted octanol–water partition coefficient (Wildman–Crippen LogP) is 2.88. The van der Waals surface area contributed by atoms with Gasteiger partial charge in [0.2, 0.25) is 5.82 Å². The van der Waals surface area contributed by atoms with Gasteiger partial charge in [0.1, 0.15) is 10.8 Å². The third-order valence-electron chi connectivity index (χ3n) is 2.16. The van der Waals surface area contributed by atoms with Gasteiger partial charge in [0, 0.05) is 12.3 Å². The third kappa shape index (κ3) is 3.01. The Morgan fingerprint density at radius 1 is 1.42 bits per heavy atom. The van der Waals surface area contributed by atoms with Crippen LogP contribution in [-0.4, -0.2) is 20.8 Å². The zero-order valence-corrected chi connectivity index (χ0v) is 10.7. The van der Waals surface area contributed by atoms with Crippen molar-refractivity contribution in [1.82, 2.24) is 9.97 Å².